The molecule has 0 spiro atoms. The molecule has 7 heteroatoms. The van der Waals surface area contributed by atoms with Crippen LogP contribution in [0.15, 0.2) is 108 Å². The first-order valence-corrected chi connectivity index (χ1v) is 11.5. The number of carbonyl (C=O) groups is 3. The van der Waals surface area contributed by atoms with Gasteiger partial charge in [0.25, 0.3) is 0 Å². The van der Waals surface area contributed by atoms with Crippen molar-refractivity contribution in [2.75, 3.05) is 0 Å². The normalized spacial score (nSPS) is 12.5. The Morgan fingerprint density at radius 1 is 0.579 bits per heavy atom. The van der Waals surface area contributed by atoms with Gasteiger partial charge in [-0.15, -0.1) is 6.92 Å². The minimum Gasteiger partial charge on any atom is -0.545 e. The van der Waals surface area contributed by atoms with Gasteiger partial charge in [-0.1, -0.05) is 124 Å². The first-order valence-electron chi connectivity index (χ1n) is 11.5. The van der Waals surface area contributed by atoms with Crippen LogP contribution in [0.2, 0.25) is 0 Å². The second kappa shape index (κ2) is 16.9. The molecule has 0 saturated carbocycles. The topological polar surface area (TPSA) is 120 Å². The Morgan fingerprint density at radius 2 is 0.842 bits per heavy atom. The molecular weight excluding hydrogens is 516 g/mol. The first-order chi connectivity index (χ1) is 17.4. The Labute approximate surface area is 239 Å². The summed E-state index contributed by atoms with van der Waals surface area (Å²) in [4.78, 5) is 30.3. The van der Waals surface area contributed by atoms with Crippen LogP contribution in [0, 0.1) is 11.5 Å². The molecule has 0 heterocycles. The van der Waals surface area contributed by atoms with Crippen LogP contribution in [0.4, 0.5) is 0 Å². The summed E-state index contributed by atoms with van der Waals surface area (Å²) in [6.07, 6.45) is 3.44. The van der Waals surface area contributed by atoms with Crippen molar-refractivity contribution in [2.24, 2.45) is 5.41 Å². The van der Waals surface area contributed by atoms with Crippen LogP contribution < -0.4 is 15.3 Å². The number of carboxylic acid groups (broad SMARTS) is 3. The average Bonchev–Trinajstić information content (AvgIpc) is 3.07. The van der Waals surface area contributed by atoms with E-state index in [0.29, 0.717) is 0 Å². The molecular formula is C31H30O6Ti. The zero-order valence-corrected chi connectivity index (χ0v) is 23.7. The third-order valence-corrected chi connectivity index (χ3v) is 5.59. The number of rotatable bonds is 3. The van der Waals surface area contributed by atoms with E-state index in [0.717, 1.165) is 0 Å². The Hall–Kier alpha value is -3.74. The van der Waals surface area contributed by atoms with E-state index in [-0.39, 0.29) is 43.8 Å². The molecule has 0 aromatic heterocycles. The Bertz CT molecular complexity index is 1110. The predicted molar refractivity (Wildman–Crippen MR) is 137 cm³/mol. The Morgan fingerprint density at radius 3 is 0.947 bits per heavy atom. The summed E-state index contributed by atoms with van der Waals surface area (Å²) < 4.78 is 0. The fraction of sp³-hybridized carbons (Fsp3) is 0.194. The van der Waals surface area contributed by atoms with Gasteiger partial charge in [-0.3, -0.25) is 6.08 Å². The molecule has 0 bridgehead atoms. The van der Waals surface area contributed by atoms with Gasteiger partial charge in [0.2, 0.25) is 0 Å². The smallest absolute Gasteiger partial charge is 0.545 e. The van der Waals surface area contributed by atoms with Crippen molar-refractivity contribution in [3.05, 3.63) is 130 Å². The molecule has 3 aromatic carbocycles. The quantitative estimate of drug-likeness (QED) is 0.368. The average molecular weight is 546 g/mol. The predicted octanol–water partition coefficient (Wildman–Crippen LogP) is 3.26. The molecule has 0 unspecified atom stereocenters. The van der Waals surface area contributed by atoms with Gasteiger partial charge >= 0.3 is 21.7 Å². The SMILES string of the molecule is CC1=[C-]C(C)(C)C(C)=C1C.O=C([O-])c1ccccc1.O=C([O-])c1ccccc1.O=C([O-])c1ccccc1.[Ti+4]. The van der Waals surface area contributed by atoms with Crippen molar-refractivity contribution in [3.8, 4) is 0 Å². The van der Waals surface area contributed by atoms with E-state index in [1.54, 1.807) is 54.6 Å². The molecule has 1 aliphatic carbocycles. The van der Waals surface area contributed by atoms with Gasteiger partial charge in [0.05, 0.1) is 17.9 Å². The maximum atomic E-state index is 10.1. The molecule has 0 fully saturated rings. The van der Waals surface area contributed by atoms with Gasteiger partial charge in [-0.05, 0) is 16.7 Å². The van der Waals surface area contributed by atoms with Crippen LogP contribution in [-0.2, 0) is 21.7 Å². The summed E-state index contributed by atoms with van der Waals surface area (Å²) in [5, 5.41) is 30.3. The van der Waals surface area contributed by atoms with Gasteiger partial charge < -0.3 is 29.7 Å². The minimum absolute atomic E-state index is 0. The van der Waals surface area contributed by atoms with E-state index in [1.165, 1.54) is 53.1 Å². The molecule has 3 aromatic rings. The number of carbonyl (C=O) groups excluding carboxylic acids is 3. The zero-order chi connectivity index (χ0) is 28.0. The summed E-state index contributed by atoms with van der Waals surface area (Å²) in [6.45, 7) is 10.9. The molecule has 6 nitrogen and oxygen atoms in total. The summed E-state index contributed by atoms with van der Waals surface area (Å²) in [5.74, 6) is -3.39. The van der Waals surface area contributed by atoms with Gasteiger partial charge in [0, 0.05) is 0 Å². The van der Waals surface area contributed by atoms with E-state index in [1.807, 2.05) is 0 Å². The molecule has 0 aliphatic heterocycles. The summed E-state index contributed by atoms with van der Waals surface area (Å²) in [5.41, 5.74) is 5.05. The number of aromatic carboxylic acids is 3. The van der Waals surface area contributed by atoms with E-state index in [4.69, 9.17) is 0 Å². The van der Waals surface area contributed by atoms with Crippen molar-refractivity contribution in [2.45, 2.75) is 34.6 Å². The van der Waals surface area contributed by atoms with Crippen molar-refractivity contribution in [1.29, 1.82) is 0 Å². The van der Waals surface area contributed by atoms with Crippen molar-refractivity contribution >= 4 is 17.9 Å². The molecule has 0 amide bonds. The van der Waals surface area contributed by atoms with Crippen molar-refractivity contribution in [3.63, 3.8) is 0 Å². The number of carboxylic acids is 3. The Balaban J connectivity index is 0.000000477. The Kier molecular flexibility index (Phi) is 15.2. The summed E-state index contributed by atoms with van der Waals surface area (Å²) in [6, 6.07) is 24.2. The van der Waals surface area contributed by atoms with E-state index in [2.05, 4.69) is 40.7 Å². The van der Waals surface area contributed by atoms with Gasteiger partial charge in [0.1, 0.15) is 0 Å². The fourth-order valence-electron chi connectivity index (χ4n) is 3.13. The molecule has 38 heavy (non-hydrogen) atoms. The molecule has 1 aliphatic rings. The maximum Gasteiger partial charge on any atom is 4.00 e. The van der Waals surface area contributed by atoms with E-state index in [9.17, 15) is 29.7 Å². The minimum atomic E-state index is -1.13. The molecule has 0 radical (unpaired) electrons. The van der Waals surface area contributed by atoms with Crippen LogP contribution in [-0.4, -0.2) is 17.9 Å². The summed E-state index contributed by atoms with van der Waals surface area (Å²) in [7, 11) is 0. The number of benzene rings is 3. The standard InChI is InChI=1S/C10H15.3C7H6O2.Ti/c1-7-6-10(4,5)9(3)8(7)2;3*8-7(9)6-4-2-1-3-5-6;/h1-5H3;3*1-5H,(H,8,9);/q-1;;;;+4/p-3. The van der Waals surface area contributed by atoms with Crippen LogP contribution >= 0.6 is 0 Å². The second-order valence-corrected chi connectivity index (χ2v) is 8.59. The van der Waals surface area contributed by atoms with Crippen molar-refractivity contribution in [1.82, 2.24) is 0 Å². The monoisotopic (exact) mass is 546 g/mol. The van der Waals surface area contributed by atoms with Gasteiger partial charge in [-0.25, -0.2) is 5.57 Å². The van der Waals surface area contributed by atoms with Gasteiger partial charge in [-0.2, -0.15) is 11.1 Å². The van der Waals surface area contributed by atoms with E-state index >= 15 is 0 Å². The number of allylic oxidation sites excluding steroid dienone is 4. The van der Waals surface area contributed by atoms with E-state index < -0.39 is 17.9 Å². The molecule has 4 rings (SSSR count). The van der Waals surface area contributed by atoms with Crippen LogP contribution in [0.5, 0.6) is 0 Å². The molecule has 0 saturated heterocycles. The zero-order valence-electron chi connectivity index (χ0n) is 22.1. The van der Waals surface area contributed by atoms with Crippen LogP contribution in [0.3, 0.4) is 0 Å². The third-order valence-electron chi connectivity index (χ3n) is 5.59. The molecule has 194 valence electrons. The first kappa shape index (κ1) is 34.3. The largest absolute Gasteiger partial charge is 4.00 e. The van der Waals surface area contributed by atoms with Crippen LogP contribution in [0.25, 0.3) is 0 Å². The van der Waals surface area contributed by atoms with Crippen molar-refractivity contribution < 1.29 is 51.4 Å². The van der Waals surface area contributed by atoms with Gasteiger partial charge in [0.15, 0.2) is 0 Å². The molecule has 0 atom stereocenters. The second-order valence-electron chi connectivity index (χ2n) is 8.59. The fourth-order valence-corrected chi connectivity index (χ4v) is 3.13. The number of hydrogen-bond acceptors (Lipinski definition) is 6. The number of hydrogen-bond donors (Lipinski definition) is 0. The summed E-state index contributed by atoms with van der Waals surface area (Å²) >= 11 is 0. The maximum absolute atomic E-state index is 10.1. The van der Waals surface area contributed by atoms with Crippen LogP contribution in [0.1, 0.15) is 65.7 Å². The molecule has 0 N–H and O–H groups in total. The third kappa shape index (κ3) is 12.0.